The van der Waals surface area contributed by atoms with Gasteiger partial charge in [-0.2, -0.15) is 0 Å². The number of nitrogens with zero attached hydrogens (tertiary/aromatic N) is 2. The minimum atomic E-state index is 0.0221. The Morgan fingerprint density at radius 1 is 1.04 bits per heavy atom. The Morgan fingerprint density at radius 3 is 2.35 bits per heavy atom. The van der Waals surface area contributed by atoms with E-state index in [0.29, 0.717) is 19.0 Å². The van der Waals surface area contributed by atoms with Crippen molar-refractivity contribution in [1.29, 1.82) is 0 Å². The molecule has 1 N–H and O–H groups in total. The first-order valence-electron chi connectivity index (χ1n) is 9.08. The first-order chi connectivity index (χ1) is 12.5. The first-order valence-corrected chi connectivity index (χ1v) is 9.08. The molecule has 1 saturated heterocycles. The minimum absolute atomic E-state index is 0.0221. The summed E-state index contributed by atoms with van der Waals surface area (Å²) in [5.74, 6) is 1.43. The molecule has 0 unspecified atom stereocenters. The number of para-hydroxylation sites is 1. The van der Waals surface area contributed by atoms with Gasteiger partial charge >= 0.3 is 0 Å². The fourth-order valence-corrected chi connectivity index (χ4v) is 3.20. The number of anilines is 1. The zero-order chi connectivity index (χ0) is 18.5. The number of amides is 1. The van der Waals surface area contributed by atoms with E-state index in [1.807, 2.05) is 41.3 Å². The van der Waals surface area contributed by atoms with Crippen LogP contribution in [-0.2, 0) is 4.79 Å². The highest BCUT2D eigenvalue weighted by atomic mass is 16.5. The monoisotopic (exact) mass is 354 g/mol. The quantitative estimate of drug-likeness (QED) is 0.896. The van der Waals surface area contributed by atoms with E-state index in [0.717, 1.165) is 30.1 Å². The molecule has 1 heterocycles. The molecule has 0 aromatic heterocycles. The van der Waals surface area contributed by atoms with E-state index in [-0.39, 0.29) is 18.3 Å². The molecular formula is C21H26N2O3. The lowest BCUT2D eigenvalue weighted by Gasteiger charge is -2.36. The Hall–Kier alpha value is -2.69. The number of hydrogen-bond acceptors (Lipinski definition) is 4. The van der Waals surface area contributed by atoms with E-state index >= 15 is 0 Å². The topological polar surface area (TPSA) is 53.0 Å². The minimum Gasteiger partial charge on any atom is -0.508 e. The van der Waals surface area contributed by atoms with Crippen LogP contribution in [0.2, 0.25) is 0 Å². The van der Waals surface area contributed by atoms with Gasteiger partial charge in [0, 0.05) is 31.9 Å². The van der Waals surface area contributed by atoms with Crippen molar-refractivity contribution in [2.45, 2.75) is 19.8 Å². The Labute approximate surface area is 154 Å². The molecule has 0 bridgehead atoms. The Balaban J connectivity index is 1.52. The molecule has 0 radical (unpaired) electrons. The molecule has 2 aromatic rings. The number of carbonyl (C=O) groups excluding carboxylic acids is 1. The van der Waals surface area contributed by atoms with Crippen molar-refractivity contribution in [3.8, 4) is 11.5 Å². The average molecular weight is 354 g/mol. The molecule has 0 spiro atoms. The molecule has 5 nitrogen and oxygen atoms in total. The summed E-state index contributed by atoms with van der Waals surface area (Å²) in [6, 6.07) is 15.1. The summed E-state index contributed by atoms with van der Waals surface area (Å²) in [6.07, 6.45) is 0. The molecule has 5 heteroatoms. The van der Waals surface area contributed by atoms with E-state index in [1.54, 1.807) is 12.1 Å². The predicted molar refractivity (Wildman–Crippen MR) is 103 cm³/mol. The number of rotatable bonds is 5. The van der Waals surface area contributed by atoms with Gasteiger partial charge in [-0.25, -0.2) is 0 Å². The Morgan fingerprint density at radius 2 is 1.69 bits per heavy atom. The maximum Gasteiger partial charge on any atom is 0.260 e. The number of benzene rings is 2. The van der Waals surface area contributed by atoms with Gasteiger partial charge in [0.2, 0.25) is 0 Å². The van der Waals surface area contributed by atoms with Crippen molar-refractivity contribution in [3.63, 3.8) is 0 Å². The van der Waals surface area contributed by atoms with Gasteiger partial charge in [-0.3, -0.25) is 4.79 Å². The van der Waals surface area contributed by atoms with Crippen LogP contribution in [0.15, 0.2) is 48.5 Å². The molecule has 0 saturated carbocycles. The molecule has 26 heavy (non-hydrogen) atoms. The second kappa shape index (κ2) is 8.13. The van der Waals surface area contributed by atoms with Crippen LogP contribution in [0.4, 0.5) is 5.69 Å². The van der Waals surface area contributed by atoms with Gasteiger partial charge < -0.3 is 19.6 Å². The fourth-order valence-electron chi connectivity index (χ4n) is 3.20. The number of phenols is 1. The predicted octanol–water partition coefficient (Wildman–Crippen LogP) is 3.24. The Kier molecular flexibility index (Phi) is 5.66. The van der Waals surface area contributed by atoms with Crippen molar-refractivity contribution >= 4 is 11.6 Å². The van der Waals surface area contributed by atoms with E-state index < -0.39 is 0 Å². The summed E-state index contributed by atoms with van der Waals surface area (Å²) in [5, 5.41) is 9.39. The van der Waals surface area contributed by atoms with Crippen molar-refractivity contribution in [2.24, 2.45) is 0 Å². The smallest absolute Gasteiger partial charge is 0.260 e. The van der Waals surface area contributed by atoms with Gasteiger partial charge in [-0.05, 0) is 41.8 Å². The lowest BCUT2D eigenvalue weighted by atomic mass is 10.0. The zero-order valence-corrected chi connectivity index (χ0v) is 15.4. The van der Waals surface area contributed by atoms with Gasteiger partial charge in [-0.15, -0.1) is 0 Å². The number of phenolic OH excluding ortho intramolecular Hbond substituents is 1. The SMILES string of the molecule is CC(C)c1ccccc1OCC(=O)N1CCN(c2ccc(O)cc2)CC1. The summed E-state index contributed by atoms with van der Waals surface area (Å²) in [4.78, 5) is 16.6. The van der Waals surface area contributed by atoms with Crippen LogP contribution >= 0.6 is 0 Å². The van der Waals surface area contributed by atoms with Crippen LogP contribution in [0.25, 0.3) is 0 Å². The summed E-state index contributed by atoms with van der Waals surface area (Å²) in [6.45, 7) is 7.21. The van der Waals surface area contributed by atoms with Crippen LogP contribution in [-0.4, -0.2) is 48.7 Å². The van der Waals surface area contributed by atoms with Gasteiger partial charge in [0.05, 0.1) is 0 Å². The summed E-state index contributed by atoms with van der Waals surface area (Å²) >= 11 is 0. The van der Waals surface area contributed by atoms with E-state index in [1.165, 1.54) is 0 Å². The number of hydrogen-bond donors (Lipinski definition) is 1. The van der Waals surface area contributed by atoms with Crippen LogP contribution in [0.3, 0.4) is 0 Å². The second-order valence-electron chi connectivity index (χ2n) is 6.87. The number of ether oxygens (including phenoxy) is 1. The van der Waals surface area contributed by atoms with Gasteiger partial charge in [0.1, 0.15) is 11.5 Å². The Bertz CT molecular complexity index is 735. The normalized spacial score (nSPS) is 14.6. The molecule has 3 rings (SSSR count). The third-order valence-electron chi connectivity index (χ3n) is 4.74. The zero-order valence-electron chi connectivity index (χ0n) is 15.4. The second-order valence-corrected chi connectivity index (χ2v) is 6.87. The van der Waals surface area contributed by atoms with Gasteiger partial charge in [-0.1, -0.05) is 32.0 Å². The maximum absolute atomic E-state index is 12.5. The summed E-state index contributed by atoms with van der Waals surface area (Å²) in [7, 11) is 0. The van der Waals surface area contributed by atoms with Gasteiger partial charge in [0.15, 0.2) is 6.61 Å². The largest absolute Gasteiger partial charge is 0.508 e. The van der Waals surface area contributed by atoms with E-state index in [4.69, 9.17) is 4.74 Å². The van der Waals surface area contributed by atoms with Crippen LogP contribution in [0.1, 0.15) is 25.3 Å². The third-order valence-corrected chi connectivity index (χ3v) is 4.74. The van der Waals surface area contributed by atoms with Crippen molar-refractivity contribution < 1.29 is 14.6 Å². The molecule has 2 aromatic carbocycles. The number of carbonyl (C=O) groups is 1. The molecule has 0 aliphatic carbocycles. The molecule has 1 aliphatic rings. The average Bonchev–Trinajstić information content (AvgIpc) is 2.67. The van der Waals surface area contributed by atoms with Crippen molar-refractivity contribution in [2.75, 3.05) is 37.7 Å². The van der Waals surface area contributed by atoms with E-state index in [9.17, 15) is 9.90 Å². The third kappa shape index (κ3) is 4.28. The summed E-state index contributed by atoms with van der Waals surface area (Å²) < 4.78 is 5.81. The molecule has 0 atom stereocenters. The van der Waals surface area contributed by atoms with Crippen LogP contribution < -0.4 is 9.64 Å². The lowest BCUT2D eigenvalue weighted by Crippen LogP contribution is -2.50. The molecule has 1 aliphatic heterocycles. The first kappa shape index (κ1) is 18.1. The highest BCUT2D eigenvalue weighted by molar-refractivity contribution is 5.78. The van der Waals surface area contributed by atoms with E-state index in [2.05, 4.69) is 18.7 Å². The lowest BCUT2D eigenvalue weighted by molar-refractivity contribution is -0.133. The van der Waals surface area contributed by atoms with Gasteiger partial charge in [0.25, 0.3) is 5.91 Å². The standard InChI is InChI=1S/C21H26N2O3/c1-16(2)19-5-3-4-6-20(19)26-15-21(25)23-13-11-22(12-14-23)17-7-9-18(24)10-8-17/h3-10,16,24H,11-15H2,1-2H3. The van der Waals surface area contributed by atoms with Crippen molar-refractivity contribution in [3.05, 3.63) is 54.1 Å². The van der Waals surface area contributed by atoms with Crippen LogP contribution in [0.5, 0.6) is 11.5 Å². The van der Waals surface area contributed by atoms with Crippen molar-refractivity contribution in [1.82, 2.24) is 4.90 Å². The number of piperazine rings is 1. The maximum atomic E-state index is 12.5. The highest BCUT2D eigenvalue weighted by Gasteiger charge is 2.22. The number of aromatic hydroxyl groups is 1. The molecular weight excluding hydrogens is 328 g/mol. The fraction of sp³-hybridized carbons (Fsp3) is 0.381. The molecule has 1 fully saturated rings. The van der Waals surface area contributed by atoms with Crippen LogP contribution in [0, 0.1) is 0 Å². The highest BCUT2D eigenvalue weighted by Crippen LogP contribution is 2.26. The molecule has 138 valence electrons. The summed E-state index contributed by atoms with van der Waals surface area (Å²) in [5.41, 5.74) is 2.19. The molecule has 1 amide bonds.